The number of rotatable bonds is 8. The summed E-state index contributed by atoms with van der Waals surface area (Å²) < 4.78 is 23.4. The van der Waals surface area contributed by atoms with E-state index in [0.717, 1.165) is 16.7 Å². The van der Waals surface area contributed by atoms with Gasteiger partial charge in [-0.05, 0) is 55.3 Å². The Morgan fingerprint density at radius 1 is 0.950 bits per heavy atom. The molecule has 0 radical (unpaired) electrons. The van der Waals surface area contributed by atoms with E-state index in [9.17, 15) is 10.1 Å². The highest BCUT2D eigenvalue weighted by Crippen LogP contribution is 2.45. The predicted molar refractivity (Wildman–Crippen MR) is 150 cm³/mol. The molecule has 0 aromatic heterocycles. The molecule has 40 heavy (non-hydrogen) atoms. The number of ether oxygens (including phenoxy) is 4. The van der Waals surface area contributed by atoms with Gasteiger partial charge >= 0.3 is 5.97 Å². The van der Waals surface area contributed by atoms with Gasteiger partial charge in [0.1, 0.15) is 29.7 Å². The van der Waals surface area contributed by atoms with E-state index in [0.29, 0.717) is 47.3 Å². The van der Waals surface area contributed by atoms with Crippen LogP contribution in [0.1, 0.15) is 45.5 Å². The van der Waals surface area contributed by atoms with Crippen LogP contribution < -0.4 is 24.7 Å². The first-order valence-corrected chi connectivity index (χ1v) is 12.9. The van der Waals surface area contributed by atoms with Gasteiger partial charge in [0.15, 0.2) is 11.5 Å². The number of allylic oxidation sites excluding steroid dienone is 1. The second-order valence-corrected chi connectivity index (χ2v) is 9.29. The first kappa shape index (κ1) is 26.4. The SMILES string of the molecule is CCOc1cc(C2C(C#N)=C(N)Oc3cc(OC(=O)c4ccc(C)cc4)ccc32)ccc1OCc1ccccc1. The van der Waals surface area contributed by atoms with Crippen LogP contribution >= 0.6 is 0 Å². The van der Waals surface area contributed by atoms with Crippen molar-refractivity contribution in [2.24, 2.45) is 5.73 Å². The molecule has 0 fully saturated rings. The Labute approximate surface area is 233 Å². The number of carbonyl (C=O) groups excluding carboxylic acids is 1. The summed E-state index contributed by atoms with van der Waals surface area (Å²) in [6.45, 7) is 4.67. The molecule has 0 aliphatic carbocycles. The van der Waals surface area contributed by atoms with Crippen molar-refractivity contribution in [3.8, 4) is 29.1 Å². The lowest BCUT2D eigenvalue weighted by Crippen LogP contribution is -2.21. The molecule has 4 aromatic rings. The van der Waals surface area contributed by atoms with Crippen molar-refractivity contribution in [3.63, 3.8) is 0 Å². The third-order valence-electron chi connectivity index (χ3n) is 6.53. The second-order valence-electron chi connectivity index (χ2n) is 9.29. The molecule has 5 rings (SSSR count). The fraction of sp³-hybridized carbons (Fsp3) is 0.152. The predicted octanol–water partition coefficient (Wildman–Crippen LogP) is 6.41. The van der Waals surface area contributed by atoms with Crippen molar-refractivity contribution in [3.05, 3.63) is 130 Å². The van der Waals surface area contributed by atoms with E-state index in [1.165, 1.54) is 0 Å². The fourth-order valence-corrected chi connectivity index (χ4v) is 4.52. The number of nitriles is 1. The Balaban J connectivity index is 1.45. The topological polar surface area (TPSA) is 104 Å². The van der Waals surface area contributed by atoms with Crippen LogP contribution in [0.2, 0.25) is 0 Å². The summed E-state index contributed by atoms with van der Waals surface area (Å²) in [5.74, 6) is 0.844. The molecule has 4 aromatic carbocycles. The molecule has 200 valence electrons. The maximum Gasteiger partial charge on any atom is 0.343 e. The molecule has 1 atom stereocenters. The third-order valence-corrected chi connectivity index (χ3v) is 6.53. The number of esters is 1. The number of hydrogen-bond acceptors (Lipinski definition) is 7. The average molecular weight is 533 g/mol. The lowest BCUT2D eigenvalue weighted by molar-refractivity contribution is 0.0734. The molecule has 0 saturated carbocycles. The molecule has 7 heteroatoms. The molecular weight excluding hydrogens is 504 g/mol. The summed E-state index contributed by atoms with van der Waals surface area (Å²) in [7, 11) is 0. The lowest BCUT2D eigenvalue weighted by atomic mass is 9.83. The summed E-state index contributed by atoms with van der Waals surface area (Å²) in [6, 6.07) is 29.8. The van der Waals surface area contributed by atoms with Crippen LogP contribution in [0.3, 0.4) is 0 Å². The van der Waals surface area contributed by atoms with Gasteiger partial charge in [0.25, 0.3) is 0 Å². The Kier molecular flexibility index (Phi) is 7.70. The molecule has 2 N–H and O–H groups in total. The van der Waals surface area contributed by atoms with Crippen LogP contribution in [-0.2, 0) is 6.61 Å². The molecule has 1 unspecified atom stereocenters. The van der Waals surface area contributed by atoms with Gasteiger partial charge in [0, 0.05) is 11.6 Å². The number of aryl methyl sites for hydroxylation is 1. The Morgan fingerprint density at radius 3 is 2.45 bits per heavy atom. The van der Waals surface area contributed by atoms with Crippen LogP contribution in [0.5, 0.6) is 23.0 Å². The highest BCUT2D eigenvalue weighted by atomic mass is 16.5. The fourth-order valence-electron chi connectivity index (χ4n) is 4.52. The van der Waals surface area contributed by atoms with Crippen LogP contribution in [0.4, 0.5) is 0 Å². The molecule has 0 amide bonds. The zero-order valence-corrected chi connectivity index (χ0v) is 22.2. The Bertz CT molecular complexity index is 1600. The first-order valence-electron chi connectivity index (χ1n) is 12.9. The third kappa shape index (κ3) is 5.62. The van der Waals surface area contributed by atoms with Crippen molar-refractivity contribution in [1.29, 1.82) is 5.26 Å². The quantitative estimate of drug-likeness (QED) is 0.207. The van der Waals surface area contributed by atoms with Crippen LogP contribution in [-0.4, -0.2) is 12.6 Å². The number of nitrogens with zero attached hydrogens (tertiary/aromatic N) is 1. The highest BCUT2D eigenvalue weighted by Gasteiger charge is 2.32. The maximum atomic E-state index is 12.7. The summed E-state index contributed by atoms with van der Waals surface area (Å²) in [5, 5.41) is 9.98. The first-order chi connectivity index (χ1) is 19.5. The standard InChI is InChI=1S/C33H28N2O5/c1-3-37-30-17-24(13-16-28(30)38-20-22-7-5-4-6-8-22)31-26-15-14-25(18-29(26)40-32(35)27(31)19-34)39-33(36)23-11-9-21(2)10-12-23/h4-18,31H,3,20,35H2,1-2H3. The van der Waals surface area contributed by atoms with Crippen molar-refractivity contribution < 1.29 is 23.7 Å². The molecule has 7 nitrogen and oxygen atoms in total. The van der Waals surface area contributed by atoms with E-state index in [4.69, 9.17) is 24.7 Å². The molecule has 1 aliphatic rings. The minimum absolute atomic E-state index is 0.00984. The van der Waals surface area contributed by atoms with Crippen LogP contribution in [0.25, 0.3) is 0 Å². The number of benzene rings is 4. The van der Waals surface area contributed by atoms with Gasteiger partial charge in [-0.2, -0.15) is 5.26 Å². The number of nitrogens with two attached hydrogens (primary N) is 1. The smallest absolute Gasteiger partial charge is 0.343 e. The summed E-state index contributed by atoms with van der Waals surface area (Å²) >= 11 is 0. The monoisotopic (exact) mass is 532 g/mol. The summed E-state index contributed by atoms with van der Waals surface area (Å²) in [6.07, 6.45) is 0. The lowest BCUT2D eigenvalue weighted by Gasteiger charge is -2.27. The van der Waals surface area contributed by atoms with Gasteiger partial charge in [0.2, 0.25) is 5.88 Å². The van der Waals surface area contributed by atoms with Gasteiger partial charge in [0.05, 0.1) is 18.1 Å². The maximum absolute atomic E-state index is 12.7. The molecule has 1 heterocycles. The van der Waals surface area contributed by atoms with E-state index < -0.39 is 11.9 Å². The zero-order chi connectivity index (χ0) is 28.1. The normalized spacial score (nSPS) is 14.0. The van der Waals surface area contributed by atoms with Crippen molar-refractivity contribution in [1.82, 2.24) is 0 Å². The van der Waals surface area contributed by atoms with Gasteiger partial charge in [-0.1, -0.05) is 60.2 Å². The number of fused-ring (bicyclic) bond motifs is 1. The zero-order valence-electron chi connectivity index (χ0n) is 22.2. The highest BCUT2D eigenvalue weighted by molar-refractivity contribution is 5.91. The van der Waals surface area contributed by atoms with E-state index in [1.54, 1.807) is 30.3 Å². The molecule has 0 bridgehead atoms. The van der Waals surface area contributed by atoms with Gasteiger partial charge < -0.3 is 24.7 Å². The summed E-state index contributed by atoms with van der Waals surface area (Å²) in [4.78, 5) is 12.7. The van der Waals surface area contributed by atoms with Gasteiger partial charge in [-0.3, -0.25) is 0 Å². The minimum atomic E-state index is -0.516. The minimum Gasteiger partial charge on any atom is -0.490 e. The second kappa shape index (κ2) is 11.7. The van der Waals surface area contributed by atoms with Crippen molar-refractivity contribution >= 4 is 5.97 Å². The van der Waals surface area contributed by atoms with Crippen LogP contribution in [0, 0.1) is 18.3 Å². The van der Waals surface area contributed by atoms with Crippen molar-refractivity contribution in [2.75, 3.05) is 6.61 Å². The van der Waals surface area contributed by atoms with Crippen LogP contribution in [0.15, 0.2) is 102 Å². The van der Waals surface area contributed by atoms with E-state index in [2.05, 4.69) is 6.07 Å². The summed E-state index contributed by atoms with van der Waals surface area (Å²) in [5.41, 5.74) is 10.5. The molecule has 1 aliphatic heterocycles. The Hall–Kier alpha value is -5.22. The largest absolute Gasteiger partial charge is 0.490 e. The Morgan fingerprint density at radius 2 is 1.73 bits per heavy atom. The van der Waals surface area contributed by atoms with Gasteiger partial charge in [-0.25, -0.2) is 4.79 Å². The van der Waals surface area contributed by atoms with Crippen molar-refractivity contribution in [2.45, 2.75) is 26.4 Å². The van der Waals surface area contributed by atoms with E-state index in [-0.39, 0.29) is 11.5 Å². The molecule has 0 spiro atoms. The van der Waals surface area contributed by atoms with E-state index in [1.807, 2.05) is 74.5 Å². The molecular formula is C33H28N2O5. The average Bonchev–Trinajstić information content (AvgIpc) is 2.96. The van der Waals surface area contributed by atoms with Gasteiger partial charge in [-0.15, -0.1) is 0 Å². The number of hydrogen-bond donors (Lipinski definition) is 1. The van der Waals surface area contributed by atoms with E-state index >= 15 is 0 Å². The number of carbonyl (C=O) groups is 1. The molecule has 0 saturated heterocycles.